The van der Waals surface area contributed by atoms with Gasteiger partial charge in [0.15, 0.2) is 5.78 Å². The van der Waals surface area contributed by atoms with E-state index in [0.717, 1.165) is 0 Å². The molecule has 4 heteroatoms. The highest BCUT2D eigenvalue weighted by molar-refractivity contribution is 5.87. The van der Waals surface area contributed by atoms with Crippen molar-refractivity contribution in [3.63, 3.8) is 0 Å². The van der Waals surface area contributed by atoms with E-state index >= 15 is 0 Å². The molecule has 1 aliphatic rings. The molecule has 0 N–H and O–H groups in total. The monoisotopic (exact) mass is 203 g/mol. The minimum Gasteiger partial charge on any atom is -0.295 e. The van der Waals surface area contributed by atoms with Crippen LogP contribution in [0, 0.1) is 10.1 Å². The summed E-state index contributed by atoms with van der Waals surface area (Å²) in [5, 5.41) is 10.5. The molecule has 0 saturated carbocycles. The number of rotatable bonds is 3. The van der Waals surface area contributed by atoms with Crippen LogP contribution in [0.25, 0.3) is 0 Å². The first-order valence-electron chi connectivity index (χ1n) is 4.28. The van der Waals surface area contributed by atoms with Gasteiger partial charge in [0.05, 0.1) is 4.92 Å². The molecule has 0 unspecified atom stereocenters. The summed E-state index contributed by atoms with van der Waals surface area (Å²) in [6.45, 7) is 1.41. The molecule has 0 atom stereocenters. The standard InChI is InChI=1S/C11H9NO3/c1-9(13)6-7-10-4-2-3-5-11(8-10)12(14)15/h2-7H,1H3/b7-6+. The second-order valence-corrected chi connectivity index (χ2v) is 2.88. The molecule has 76 valence electrons. The summed E-state index contributed by atoms with van der Waals surface area (Å²) in [4.78, 5) is 20.7. The van der Waals surface area contributed by atoms with Crippen LogP contribution in [0.15, 0.2) is 53.5 Å². The van der Waals surface area contributed by atoms with E-state index in [0.29, 0.717) is 5.57 Å². The Labute approximate surface area is 86.7 Å². The molecule has 0 aromatic rings. The van der Waals surface area contributed by atoms with Gasteiger partial charge in [-0.3, -0.25) is 14.9 Å². The van der Waals surface area contributed by atoms with Crippen molar-refractivity contribution in [1.82, 2.24) is 0 Å². The first-order valence-corrected chi connectivity index (χ1v) is 4.28. The Kier molecular flexibility index (Phi) is 3.55. The Morgan fingerprint density at radius 3 is 2.73 bits per heavy atom. The SMILES string of the molecule is CC(=O)/C=C/C1=C=C([N+](=O)[O-])C=CC=C1. The van der Waals surface area contributed by atoms with E-state index in [1.54, 1.807) is 18.2 Å². The Hall–Kier alpha value is -2.19. The maximum Gasteiger partial charge on any atom is 0.312 e. The zero-order valence-electron chi connectivity index (χ0n) is 8.14. The van der Waals surface area contributed by atoms with Crippen molar-refractivity contribution in [1.29, 1.82) is 0 Å². The zero-order chi connectivity index (χ0) is 11.3. The number of hydrogen-bond donors (Lipinski definition) is 0. The third kappa shape index (κ3) is 3.58. The molecule has 0 bridgehead atoms. The predicted molar refractivity (Wildman–Crippen MR) is 55.6 cm³/mol. The fourth-order valence-corrected chi connectivity index (χ4v) is 0.948. The highest BCUT2D eigenvalue weighted by atomic mass is 16.6. The summed E-state index contributed by atoms with van der Waals surface area (Å²) < 4.78 is 0. The van der Waals surface area contributed by atoms with Crippen molar-refractivity contribution in [2.24, 2.45) is 0 Å². The molecule has 0 spiro atoms. The molecular formula is C11H9NO3. The van der Waals surface area contributed by atoms with Crippen molar-refractivity contribution in [2.45, 2.75) is 6.92 Å². The topological polar surface area (TPSA) is 60.2 Å². The van der Waals surface area contributed by atoms with Gasteiger partial charge in [0.2, 0.25) is 0 Å². The van der Waals surface area contributed by atoms with E-state index in [1.807, 2.05) is 0 Å². The largest absolute Gasteiger partial charge is 0.312 e. The molecule has 15 heavy (non-hydrogen) atoms. The van der Waals surface area contributed by atoms with Crippen LogP contribution in [0.2, 0.25) is 0 Å². The van der Waals surface area contributed by atoms with Crippen LogP contribution in [0.1, 0.15) is 6.92 Å². The van der Waals surface area contributed by atoms with Crippen LogP contribution >= 0.6 is 0 Å². The molecule has 0 aliphatic heterocycles. The van der Waals surface area contributed by atoms with Gasteiger partial charge < -0.3 is 0 Å². The molecular weight excluding hydrogens is 194 g/mol. The lowest BCUT2D eigenvalue weighted by atomic mass is 10.2. The van der Waals surface area contributed by atoms with Crippen LogP contribution in [0.4, 0.5) is 0 Å². The predicted octanol–water partition coefficient (Wildman–Crippen LogP) is 1.94. The van der Waals surface area contributed by atoms with Crippen molar-refractivity contribution >= 4 is 5.78 Å². The lowest BCUT2D eigenvalue weighted by Gasteiger charge is -1.86. The van der Waals surface area contributed by atoms with Gasteiger partial charge in [-0.1, -0.05) is 12.2 Å². The van der Waals surface area contributed by atoms with E-state index < -0.39 is 4.92 Å². The number of ketones is 1. The molecule has 0 aromatic heterocycles. The fraction of sp³-hybridized carbons (Fsp3) is 0.0909. The Morgan fingerprint density at radius 1 is 1.47 bits per heavy atom. The summed E-state index contributed by atoms with van der Waals surface area (Å²) in [5.74, 6) is -0.113. The molecule has 1 aliphatic carbocycles. The van der Waals surface area contributed by atoms with Gasteiger partial charge in [-0.05, 0) is 30.9 Å². The lowest BCUT2D eigenvalue weighted by Crippen LogP contribution is -1.93. The summed E-state index contributed by atoms with van der Waals surface area (Å²) in [7, 11) is 0. The van der Waals surface area contributed by atoms with E-state index in [1.165, 1.54) is 25.2 Å². The van der Waals surface area contributed by atoms with Crippen LogP contribution in [0.5, 0.6) is 0 Å². The molecule has 1 rings (SSSR count). The average Bonchev–Trinajstić information content (AvgIpc) is 2.39. The van der Waals surface area contributed by atoms with Crippen molar-refractivity contribution in [3.8, 4) is 0 Å². The highest BCUT2D eigenvalue weighted by Gasteiger charge is 2.05. The van der Waals surface area contributed by atoms with Gasteiger partial charge in [-0.25, -0.2) is 0 Å². The molecule has 0 heterocycles. The molecule has 0 fully saturated rings. The highest BCUT2D eigenvalue weighted by Crippen LogP contribution is 2.07. The van der Waals surface area contributed by atoms with Gasteiger partial charge >= 0.3 is 5.70 Å². The molecule has 0 radical (unpaired) electrons. The first kappa shape index (κ1) is 10.9. The van der Waals surface area contributed by atoms with Crippen LogP contribution < -0.4 is 0 Å². The summed E-state index contributed by atoms with van der Waals surface area (Å²) in [5.41, 5.74) is 2.97. The number of carbonyl (C=O) groups excluding carboxylic acids is 1. The minimum absolute atomic E-state index is 0.113. The third-order valence-electron chi connectivity index (χ3n) is 1.61. The normalized spacial score (nSPS) is 14.7. The fourth-order valence-electron chi connectivity index (χ4n) is 0.948. The summed E-state index contributed by atoms with van der Waals surface area (Å²) in [6.07, 6.45) is 9.05. The van der Waals surface area contributed by atoms with E-state index in [4.69, 9.17) is 0 Å². The van der Waals surface area contributed by atoms with Gasteiger partial charge in [-0.2, -0.15) is 0 Å². The second-order valence-electron chi connectivity index (χ2n) is 2.88. The Bertz CT molecular complexity index is 446. The van der Waals surface area contributed by atoms with Crippen LogP contribution in [0.3, 0.4) is 0 Å². The summed E-state index contributed by atoms with van der Waals surface area (Å²) in [6, 6.07) is 0. The molecule has 0 saturated heterocycles. The van der Waals surface area contributed by atoms with Crippen LogP contribution in [-0.2, 0) is 4.79 Å². The maximum absolute atomic E-state index is 10.7. The van der Waals surface area contributed by atoms with Crippen LogP contribution in [-0.4, -0.2) is 10.7 Å². The third-order valence-corrected chi connectivity index (χ3v) is 1.61. The van der Waals surface area contributed by atoms with Crippen molar-refractivity contribution in [2.75, 3.05) is 0 Å². The van der Waals surface area contributed by atoms with Gasteiger partial charge in [0.1, 0.15) is 0 Å². The second kappa shape index (κ2) is 4.88. The molecule has 4 nitrogen and oxygen atoms in total. The maximum atomic E-state index is 10.7. The zero-order valence-corrected chi connectivity index (χ0v) is 8.14. The van der Waals surface area contributed by atoms with E-state index in [2.05, 4.69) is 5.73 Å². The van der Waals surface area contributed by atoms with Gasteiger partial charge in [0, 0.05) is 11.6 Å². The number of hydrogen-bond acceptors (Lipinski definition) is 3. The van der Waals surface area contributed by atoms with Gasteiger partial charge in [0.25, 0.3) is 0 Å². The minimum atomic E-state index is -0.523. The average molecular weight is 203 g/mol. The smallest absolute Gasteiger partial charge is 0.295 e. The number of allylic oxidation sites excluding steroid dienone is 6. The van der Waals surface area contributed by atoms with Crippen molar-refractivity contribution < 1.29 is 9.72 Å². The first-order chi connectivity index (χ1) is 7.09. The Balaban J connectivity index is 3.10. The number of nitro groups is 1. The number of carbonyl (C=O) groups is 1. The number of nitrogens with zero attached hydrogens (tertiary/aromatic N) is 1. The lowest BCUT2D eigenvalue weighted by molar-refractivity contribution is -0.418. The van der Waals surface area contributed by atoms with Crippen molar-refractivity contribution in [3.05, 3.63) is 63.6 Å². The Morgan fingerprint density at radius 2 is 2.13 bits per heavy atom. The summed E-state index contributed by atoms with van der Waals surface area (Å²) >= 11 is 0. The van der Waals surface area contributed by atoms with Gasteiger partial charge in [-0.15, -0.1) is 0 Å². The molecule has 0 amide bonds. The molecule has 0 aromatic carbocycles. The van der Waals surface area contributed by atoms with E-state index in [9.17, 15) is 14.9 Å². The van der Waals surface area contributed by atoms with E-state index in [-0.39, 0.29) is 11.5 Å². The quantitative estimate of drug-likeness (QED) is 0.305.